The van der Waals surface area contributed by atoms with Crippen molar-refractivity contribution in [2.45, 2.75) is 19.1 Å². The summed E-state index contributed by atoms with van der Waals surface area (Å²) in [4.78, 5) is 12.1. The molecule has 0 saturated heterocycles. The van der Waals surface area contributed by atoms with E-state index in [1.807, 2.05) is 0 Å². The van der Waals surface area contributed by atoms with E-state index < -0.39 is 23.8 Å². The number of benzene rings is 2. The summed E-state index contributed by atoms with van der Waals surface area (Å²) in [6.07, 6.45) is -4.48. The van der Waals surface area contributed by atoms with E-state index in [0.29, 0.717) is 17.1 Å². The maximum atomic E-state index is 12.7. The molecule has 0 aliphatic heterocycles. The van der Waals surface area contributed by atoms with Gasteiger partial charge in [-0.2, -0.15) is 13.2 Å². The Balaban J connectivity index is 2.11. The van der Waals surface area contributed by atoms with Crippen LogP contribution in [0.15, 0.2) is 42.5 Å². The molecule has 0 radical (unpaired) electrons. The Morgan fingerprint density at radius 2 is 1.81 bits per heavy atom. The van der Waals surface area contributed by atoms with Crippen LogP contribution in [-0.4, -0.2) is 20.3 Å². The van der Waals surface area contributed by atoms with Gasteiger partial charge in [0, 0.05) is 11.3 Å². The molecule has 2 aromatic rings. The standard InChI is InChI=1S/C18H19F3N2O3/c1-11(15-10-14(25-2)7-8-16(15)26-3)22-17(24)23-13-6-4-5-12(9-13)18(19,20)21/h4-11H,1-3H3,(H2,22,23,24). The van der Waals surface area contributed by atoms with Gasteiger partial charge in [0.05, 0.1) is 25.8 Å². The normalized spacial score (nSPS) is 12.2. The van der Waals surface area contributed by atoms with Crippen LogP contribution in [0.2, 0.25) is 0 Å². The number of anilines is 1. The second-order valence-electron chi connectivity index (χ2n) is 5.51. The van der Waals surface area contributed by atoms with Crippen molar-refractivity contribution >= 4 is 11.7 Å². The second-order valence-corrected chi connectivity index (χ2v) is 5.51. The third-order valence-corrected chi connectivity index (χ3v) is 3.70. The van der Waals surface area contributed by atoms with Crippen LogP contribution in [0.4, 0.5) is 23.7 Å². The first-order valence-corrected chi connectivity index (χ1v) is 7.71. The largest absolute Gasteiger partial charge is 0.497 e. The van der Waals surface area contributed by atoms with Gasteiger partial charge in [-0.25, -0.2) is 4.79 Å². The number of amides is 2. The highest BCUT2D eigenvalue weighted by Gasteiger charge is 2.30. The number of urea groups is 1. The first-order chi connectivity index (χ1) is 12.2. The van der Waals surface area contributed by atoms with Gasteiger partial charge in [-0.15, -0.1) is 0 Å². The van der Waals surface area contributed by atoms with Gasteiger partial charge in [-0.3, -0.25) is 0 Å². The highest BCUT2D eigenvalue weighted by Crippen LogP contribution is 2.31. The lowest BCUT2D eigenvalue weighted by atomic mass is 10.1. The Morgan fingerprint density at radius 3 is 2.42 bits per heavy atom. The summed E-state index contributed by atoms with van der Waals surface area (Å²) < 4.78 is 48.6. The average Bonchev–Trinajstić information content (AvgIpc) is 2.60. The first-order valence-electron chi connectivity index (χ1n) is 7.71. The number of hydrogen-bond acceptors (Lipinski definition) is 3. The zero-order valence-corrected chi connectivity index (χ0v) is 14.5. The highest BCUT2D eigenvalue weighted by atomic mass is 19.4. The fraction of sp³-hybridized carbons (Fsp3) is 0.278. The minimum atomic E-state index is -4.48. The minimum Gasteiger partial charge on any atom is -0.497 e. The van der Waals surface area contributed by atoms with Crippen LogP contribution >= 0.6 is 0 Å². The van der Waals surface area contributed by atoms with Crippen LogP contribution in [0.3, 0.4) is 0 Å². The molecule has 2 amide bonds. The van der Waals surface area contributed by atoms with Gasteiger partial charge in [-0.1, -0.05) is 6.07 Å². The number of nitrogens with one attached hydrogen (secondary N) is 2. The van der Waals surface area contributed by atoms with Gasteiger partial charge in [0.25, 0.3) is 0 Å². The topological polar surface area (TPSA) is 59.6 Å². The van der Waals surface area contributed by atoms with E-state index in [0.717, 1.165) is 12.1 Å². The van der Waals surface area contributed by atoms with E-state index in [1.54, 1.807) is 25.1 Å². The van der Waals surface area contributed by atoms with Crippen LogP contribution in [0.1, 0.15) is 24.1 Å². The van der Waals surface area contributed by atoms with Crippen molar-refractivity contribution in [3.8, 4) is 11.5 Å². The van der Waals surface area contributed by atoms with Crippen LogP contribution in [-0.2, 0) is 6.18 Å². The molecular weight excluding hydrogens is 349 g/mol. The molecule has 8 heteroatoms. The van der Waals surface area contributed by atoms with E-state index in [1.165, 1.54) is 26.4 Å². The van der Waals surface area contributed by atoms with Gasteiger partial charge >= 0.3 is 12.2 Å². The average molecular weight is 368 g/mol. The number of halogens is 3. The molecule has 0 aliphatic rings. The summed E-state index contributed by atoms with van der Waals surface area (Å²) in [6, 6.07) is 8.46. The van der Waals surface area contributed by atoms with Gasteiger partial charge < -0.3 is 20.1 Å². The van der Waals surface area contributed by atoms with Gasteiger partial charge in [0.2, 0.25) is 0 Å². The Labute approximate surface area is 149 Å². The fourth-order valence-corrected chi connectivity index (χ4v) is 2.39. The lowest BCUT2D eigenvalue weighted by Gasteiger charge is -2.19. The quantitative estimate of drug-likeness (QED) is 0.811. The Morgan fingerprint density at radius 1 is 1.08 bits per heavy atom. The van der Waals surface area contributed by atoms with E-state index in [4.69, 9.17) is 9.47 Å². The zero-order chi connectivity index (χ0) is 19.3. The van der Waals surface area contributed by atoms with Gasteiger partial charge in [-0.05, 0) is 43.3 Å². The molecule has 0 fully saturated rings. The predicted molar refractivity (Wildman–Crippen MR) is 91.6 cm³/mol. The summed E-state index contributed by atoms with van der Waals surface area (Å²) in [5.41, 5.74) is -0.119. The zero-order valence-electron chi connectivity index (χ0n) is 14.5. The number of methoxy groups -OCH3 is 2. The molecule has 0 spiro atoms. The Bertz CT molecular complexity index is 779. The predicted octanol–water partition coefficient (Wildman–Crippen LogP) is 4.61. The highest BCUT2D eigenvalue weighted by molar-refractivity contribution is 5.89. The van der Waals surface area contributed by atoms with E-state index >= 15 is 0 Å². The van der Waals surface area contributed by atoms with Crippen molar-refractivity contribution in [1.29, 1.82) is 0 Å². The van der Waals surface area contributed by atoms with Crippen LogP contribution in [0, 0.1) is 0 Å². The molecular formula is C18H19F3N2O3. The number of carbonyl (C=O) groups excluding carboxylic acids is 1. The second kappa shape index (κ2) is 7.99. The Hall–Kier alpha value is -2.90. The molecule has 0 bridgehead atoms. The summed E-state index contributed by atoms with van der Waals surface area (Å²) in [7, 11) is 3.02. The molecule has 0 saturated carbocycles. The summed E-state index contributed by atoms with van der Waals surface area (Å²) >= 11 is 0. The molecule has 2 rings (SSSR count). The van der Waals surface area contributed by atoms with Crippen molar-refractivity contribution in [3.05, 3.63) is 53.6 Å². The van der Waals surface area contributed by atoms with Crippen molar-refractivity contribution in [2.24, 2.45) is 0 Å². The van der Waals surface area contributed by atoms with Crippen LogP contribution < -0.4 is 20.1 Å². The van der Waals surface area contributed by atoms with E-state index in [9.17, 15) is 18.0 Å². The molecule has 2 N–H and O–H groups in total. The molecule has 0 aliphatic carbocycles. The molecule has 0 heterocycles. The van der Waals surface area contributed by atoms with Gasteiger partial charge in [0.15, 0.2) is 0 Å². The van der Waals surface area contributed by atoms with Crippen molar-refractivity contribution < 1.29 is 27.4 Å². The maximum Gasteiger partial charge on any atom is 0.416 e. The maximum absolute atomic E-state index is 12.7. The fourth-order valence-electron chi connectivity index (χ4n) is 2.39. The van der Waals surface area contributed by atoms with Crippen molar-refractivity contribution in [1.82, 2.24) is 5.32 Å². The first kappa shape index (κ1) is 19.4. The number of carbonyl (C=O) groups is 1. The monoisotopic (exact) mass is 368 g/mol. The molecule has 0 aromatic heterocycles. The van der Waals surface area contributed by atoms with Crippen LogP contribution in [0.25, 0.3) is 0 Å². The summed E-state index contributed by atoms with van der Waals surface area (Å²) in [5.74, 6) is 1.14. The minimum absolute atomic E-state index is 0.0436. The van der Waals surface area contributed by atoms with E-state index in [2.05, 4.69) is 10.6 Å². The molecule has 5 nitrogen and oxygen atoms in total. The number of ether oxygens (including phenoxy) is 2. The SMILES string of the molecule is COc1ccc(OC)c(C(C)NC(=O)Nc2cccc(C(F)(F)F)c2)c1. The molecule has 26 heavy (non-hydrogen) atoms. The summed E-state index contributed by atoms with van der Waals surface area (Å²) in [6.45, 7) is 1.73. The number of alkyl halides is 3. The molecule has 140 valence electrons. The third-order valence-electron chi connectivity index (χ3n) is 3.70. The molecule has 1 atom stereocenters. The molecule has 2 aromatic carbocycles. The molecule has 1 unspecified atom stereocenters. The number of hydrogen-bond donors (Lipinski definition) is 2. The summed E-state index contributed by atoms with van der Waals surface area (Å²) in [5, 5.41) is 5.06. The van der Waals surface area contributed by atoms with Gasteiger partial charge in [0.1, 0.15) is 11.5 Å². The lowest BCUT2D eigenvalue weighted by Crippen LogP contribution is -2.31. The Kier molecular flexibility index (Phi) is 5.97. The number of rotatable bonds is 5. The van der Waals surface area contributed by atoms with Crippen LogP contribution in [0.5, 0.6) is 11.5 Å². The van der Waals surface area contributed by atoms with Crippen molar-refractivity contribution in [2.75, 3.05) is 19.5 Å². The van der Waals surface area contributed by atoms with E-state index in [-0.39, 0.29) is 5.69 Å². The van der Waals surface area contributed by atoms with Crippen molar-refractivity contribution in [3.63, 3.8) is 0 Å². The smallest absolute Gasteiger partial charge is 0.416 e. The third kappa shape index (κ3) is 4.81. The lowest BCUT2D eigenvalue weighted by molar-refractivity contribution is -0.137.